The lowest BCUT2D eigenvalue weighted by Gasteiger charge is -2.35. The van der Waals surface area contributed by atoms with Gasteiger partial charge in [-0.25, -0.2) is 0 Å². The molecule has 2 aliphatic rings. The third-order valence-electron chi connectivity index (χ3n) is 5.90. The number of rotatable bonds is 7. The number of nitrogens with one attached hydrogen (secondary N) is 2. The molecule has 1 unspecified atom stereocenters. The van der Waals surface area contributed by atoms with Crippen molar-refractivity contribution in [2.45, 2.75) is 90.1 Å². The summed E-state index contributed by atoms with van der Waals surface area (Å²) < 4.78 is 0. The molecular weight excluding hydrogens is 314 g/mol. The molecule has 0 heterocycles. The van der Waals surface area contributed by atoms with Crippen LogP contribution in [-0.2, 0) is 9.59 Å². The second-order valence-electron chi connectivity index (χ2n) is 8.89. The van der Waals surface area contributed by atoms with Crippen molar-refractivity contribution in [1.29, 1.82) is 0 Å². The van der Waals surface area contributed by atoms with E-state index in [-0.39, 0.29) is 35.2 Å². The molecule has 2 rings (SSSR count). The van der Waals surface area contributed by atoms with Crippen LogP contribution >= 0.6 is 0 Å². The van der Waals surface area contributed by atoms with E-state index in [0.717, 1.165) is 44.9 Å². The number of amides is 2. The minimum atomic E-state index is -0.321. The summed E-state index contributed by atoms with van der Waals surface area (Å²) in [6, 6.07) is 0.244. The average Bonchev–Trinajstić information content (AvgIpc) is 3.09. The number of carbonyl (C=O) groups is 2. The molecule has 0 aromatic carbocycles. The minimum Gasteiger partial charge on any atom is -0.353 e. The molecule has 25 heavy (non-hydrogen) atoms. The summed E-state index contributed by atoms with van der Waals surface area (Å²) in [5, 5.41) is 6.41. The molecular formula is C20H37N3O2. The first-order valence-corrected chi connectivity index (χ1v) is 10.2. The van der Waals surface area contributed by atoms with E-state index < -0.39 is 0 Å². The minimum absolute atomic E-state index is 0.0534. The van der Waals surface area contributed by atoms with Crippen molar-refractivity contribution >= 4 is 11.8 Å². The number of hydrogen-bond acceptors (Lipinski definition) is 3. The first-order valence-electron chi connectivity index (χ1n) is 10.2. The van der Waals surface area contributed by atoms with Crippen molar-refractivity contribution in [3.05, 3.63) is 0 Å². The molecule has 0 aromatic rings. The Morgan fingerprint density at radius 2 is 1.56 bits per heavy atom. The predicted octanol–water partition coefficient (Wildman–Crippen LogP) is 2.73. The summed E-state index contributed by atoms with van der Waals surface area (Å²) in [6.45, 7) is 6.80. The van der Waals surface area contributed by atoms with Crippen LogP contribution in [0.15, 0.2) is 0 Å². The van der Waals surface area contributed by atoms with Gasteiger partial charge in [0.1, 0.15) is 0 Å². The molecule has 0 aliphatic heterocycles. The van der Waals surface area contributed by atoms with Crippen LogP contribution in [0.1, 0.15) is 78.6 Å². The molecule has 0 bridgehead atoms. The first-order chi connectivity index (χ1) is 11.8. The van der Waals surface area contributed by atoms with E-state index in [1.54, 1.807) is 0 Å². The molecule has 1 atom stereocenters. The van der Waals surface area contributed by atoms with Gasteiger partial charge in [-0.2, -0.15) is 0 Å². The zero-order chi connectivity index (χ0) is 18.4. The third kappa shape index (κ3) is 5.98. The summed E-state index contributed by atoms with van der Waals surface area (Å²) in [7, 11) is 0. The highest BCUT2D eigenvalue weighted by Crippen LogP contribution is 2.28. The molecule has 2 saturated carbocycles. The Bertz CT molecular complexity index is 452. The van der Waals surface area contributed by atoms with Crippen LogP contribution < -0.4 is 16.4 Å². The van der Waals surface area contributed by atoms with Crippen molar-refractivity contribution in [3.8, 4) is 0 Å². The van der Waals surface area contributed by atoms with E-state index >= 15 is 0 Å². The van der Waals surface area contributed by atoms with Gasteiger partial charge in [0.05, 0.1) is 0 Å². The van der Waals surface area contributed by atoms with Gasteiger partial charge < -0.3 is 16.4 Å². The SMILES string of the molecule is CC(C)CC(C)(CN)NC(=O)C1CCC(NC(=O)C2CCCC2)CC1. The Labute approximate surface area is 152 Å². The van der Waals surface area contributed by atoms with Gasteiger partial charge in [0.2, 0.25) is 11.8 Å². The van der Waals surface area contributed by atoms with Crippen molar-refractivity contribution < 1.29 is 9.59 Å². The number of carbonyl (C=O) groups excluding carboxylic acids is 2. The zero-order valence-electron chi connectivity index (χ0n) is 16.3. The highest BCUT2D eigenvalue weighted by Gasteiger charge is 2.33. The van der Waals surface area contributed by atoms with Gasteiger partial charge >= 0.3 is 0 Å². The van der Waals surface area contributed by atoms with Gasteiger partial charge in [-0.1, -0.05) is 26.7 Å². The molecule has 0 saturated heterocycles. The van der Waals surface area contributed by atoms with E-state index in [9.17, 15) is 9.59 Å². The van der Waals surface area contributed by atoms with Crippen molar-refractivity contribution in [2.75, 3.05) is 6.54 Å². The summed E-state index contributed by atoms with van der Waals surface area (Å²) in [4.78, 5) is 24.9. The topological polar surface area (TPSA) is 84.2 Å². The maximum Gasteiger partial charge on any atom is 0.223 e. The van der Waals surface area contributed by atoms with Gasteiger partial charge in [-0.3, -0.25) is 9.59 Å². The van der Waals surface area contributed by atoms with E-state index in [0.29, 0.717) is 12.5 Å². The Kier molecular flexibility index (Phi) is 7.29. The van der Waals surface area contributed by atoms with Gasteiger partial charge in [0.15, 0.2) is 0 Å². The Morgan fingerprint density at radius 1 is 1.00 bits per heavy atom. The maximum atomic E-state index is 12.6. The molecule has 0 aromatic heterocycles. The van der Waals surface area contributed by atoms with Crippen LogP contribution in [0.5, 0.6) is 0 Å². The fourth-order valence-electron chi connectivity index (χ4n) is 4.49. The maximum absolute atomic E-state index is 12.6. The monoisotopic (exact) mass is 351 g/mol. The van der Waals surface area contributed by atoms with Crippen molar-refractivity contribution in [3.63, 3.8) is 0 Å². The zero-order valence-corrected chi connectivity index (χ0v) is 16.3. The summed E-state index contributed by atoms with van der Waals surface area (Å²) in [6.07, 6.45) is 8.84. The largest absolute Gasteiger partial charge is 0.353 e. The van der Waals surface area contributed by atoms with Crippen LogP contribution in [0.3, 0.4) is 0 Å². The van der Waals surface area contributed by atoms with Crippen molar-refractivity contribution in [2.24, 2.45) is 23.5 Å². The highest BCUT2D eigenvalue weighted by molar-refractivity contribution is 5.80. The lowest BCUT2D eigenvalue weighted by molar-refractivity contribution is -0.128. The van der Waals surface area contributed by atoms with Gasteiger partial charge in [-0.15, -0.1) is 0 Å². The highest BCUT2D eigenvalue weighted by atomic mass is 16.2. The average molecular weight is 352 g/mol. The van der Waals surface area contributed by atoms with Crippen LogP contribution in [0.25, 0.3) is 0 Å². The smallest absolute Gasteiger partial charge is 0.223 e. The van der Waals surface area contributed by atoms with Gasteiger partial charge in [-0.05, 0) is 57.8 Å². The fraction of sp³-hybridized carbons (Fsp3) is 0.900. The lowest BCUT2D eigenvalue weighted by atomic mass is 9.83. The molecule has 2 amide bonds. The molecule has 4 N–H and O–H groups in total. The molecule has 5 heteroatoms. The first kappa shape index (κ1) is 20.2. The van der Waals surface area contributed by atoms with Gasteiger partial charge in [0, 0.05) is 30.0 Å². The molecule has 144 valence electrons. The van der Waals surface area contributed by atoms with Crippen molar-refractivity contribution in [1.82, 2.24) is 10.6 Å². The quantitative estimate of drug-likeness (QED) is 0.659. The van der Waals surface area contributed by atoms with Crippen LogP contribution in [0.4, 0.5) is 0 Å². The van der Waals surface area contributed by atoms with Crippen LogP contribution in [0, 0.1) is 17.8 Å². The van der Waals surface area contributed by atoms with E-state index in [1.165, 1.54) is 12.8 Å². The number of hydrogen-bond donors (Lipinski definition) is 3. The molecule has 5 nitrogen and oxygen atoms in total. The third-order valence-corrected chi connectivity index (χ3v) is 5.90. The Morgan fingerprint density at radius 3 is 2.08 bits per heavy atom. The second-order valence-corrected chi connectivity index (χ2v) is 8.89. The number of nitrogens with two attached hydrogens (primary N) is 1. The summed E-state index contributed by atoms with van der Waals surface area (Å²) in [5.41, 5.74) is 5.59. The Hall–Kier alpha value is -1.10. The van der Waals surface area contributed by atoms with Gasteiger partial charge in [0.25, 0.3) is 0 Å². The normalized spacial score (nSPS) is 27.1. The molecule has 2 aliphatic carbocycles. The summed E-state index contributed by atoms with van der Waals surface area (Å²) in [5.74, 6) is 1.14. The van der Waals surface area contributed by atoms with E-state index in [4.69, 9.17) is 5.73 Å². The van der Waals surface area contributed by atoms with Crippen LogP contribution in [-0.4, -0.2) is 29.9 Å². The lowest BCUT2D eigenvalue weighted by Crippen LogP contribution is -2.54. The predicted molar refractivity (Wildman–Crippen MR) is 101 cm³/mol. The molecule has 0 spiro atoms. The second kappa shape index (κ2) is 9.02. The van der Waals surface area contributed by atoms with E-state index in [2.05, 4.69) is 24.5 Å². The van der Waals surface area contributed by atoms with Crippen LogP contribution in [0.2, 0.25) is 0 Å². The van der Waals surface area contributed by atoms with E-state index in [1.807, 2.05) is 6.92 Å². The summed E-state index contributed by atoms with van der Waals surface area (Å²) >= 11 is 0. The molecule has 0 radical (unpaired) electrons. The standard InChI is InChI=1S/C20H37N3O2/c1-14(2)12-20(3,13-21)23-19(25)16-8-10-17(11-9-16)22-18(24)15-6-4-5-7-15/h14-17H,4-13,21H2,1-3H3,(H,22,24)(H,23,25). The fourth-order valence-corrected chi connectivity index (χ4v) is 4.49. The Balaban J connectivity index is 1.76. The molecule has 2 fully saturated rings.